The molecule has 0 saturated carbocycles. The van der Waals surface area contributed by atoms with Gasteiger partial charge in [-0.05, 0) is 27.3 Å². The van der Waals surface area contributed by atoms with E-state index in [1.165, 1.54) is 13.8 Å². The van der Waals surface area contributed by atoms with Gasteiger partial charge in [-0.15, -0.1) is 0 Å². The van der Waals surface area contributed by atoms with Crippen molar-refractivity contribution in [2.24, 2.45) is 0 Å². The maximum Gasteiger partial charge on any atom is 0.146 e. The fraction of sp³-hybridized carbons (Fsp3) is 0.727. The molecule has 2 atom stereocenters. The summed E-state index contributed by atoms with van der Waals surface area (Å²) in [7, 11) is 1.68. The van der Waals surface area contributed by atoms with Crippen LogP contribution in [0.2, 0.25) is 0 Å². The first-order chi connectivity index (χ1) is 7.51. The minimum Gasteiger partial charge on any atom is -0.310 e. The van der Waals surface area contributed by atoms with Crippen molar-refractivity contribution in [1.82, 2.24) is 10.6 Å². The molecule has 0 amide bonds. The van der Waals surface area contributed by atoms with E-state index in [-0.39, 0.29) is 23.7 Å². The van der Waals surface area contributed by atoms with Crippen LogP contribution in [0.15, 0.2) is 0 Å². The molecule has 0 radical (unpaired) electrons. The molecule has 0 bridgehead atoms. The highest BCUT2D eigenvalue weighted by atomic mass is 16.1. The Morgan fingerprint density at radius 3 is 2.31 bits per heavy atom. The van der Waals surface area contributed by atoms with Crippen LogP contribution in [0, 0.1) is 0 Å². The molecule has 0 aliphatic heterocycles. The number of likely N-dealkylation sites (N-methyl/N-ethyl adjacent to an activating group) is 1. The molecule has 0 fully saturated rings. The Labute approximate surface area is 96.0 Å². The van der Waals surface area contributed by atoms with Crippen molar-refractivity contribution >= 4 is 17.9 Å². The lowest BCUT2D eigenvalue weighted by Crippen LogP contribution is -2.44. The van der Waals surface area contributed by atoms with Crippen LogP contribution in [-0.2, 0) is 14.4 Å². The van der Waals surface area contributed by atoms with Gasteiger partial charge in [-0.25, -0.2) is 0 Å². The Kier molecular flexibility index (Phi) is 7.58. The molecule has 0 aliphatic carbocycles. The van der Waals surface area contributed by atoms with Crippen LogP contribution in [0.3, 0.4) is 0 Å². The second-order valence-corrected chi connectivity index (χ2v) is 3.84. The molecule has 2 unspecified atom stereocenters. The molecule has 0 aliphatic rings. The number of carbonyl (C=O) groups excluding carboxylic acids is 3. The first kappa shape index (κ1) is 14.9. The van der Waals surface area contributed by atoms with Gasteiger partial charge in [0.1, 0.15) is 17.9 Å². The van der Waals surface area contributed by atoms with Crippen molar-refractivity contribution in [3.8, 4) is 0 Å². The van der Waals surface area contributed by atoms with E-state index < -0.39 is 0 Å². The third-order valence-corrected chi connectivity index (χ3v) is 2.40. The molecule has 0 heterocycles. The first-order valence-electron chi connectivity index (χ1n) is 5.37. The average molecular weight is 228 g/mol. The van der Waals surface area contributed by atoms with E-state index in [0.717, 1.165) is 6.29 Å². The summed E-state index contributed by atoms with van der Waals surface area (Å²) < 4.78 is 0. The minimum atomic E-state index is -0.348. The van der Waals surface area contributed by atoms with Gasteiger partial charge in [0.25, 0.3) is 0 Å². The van der Waals surface area contributed by atoms with Crippen LogP contribution < -0.4 is 10.6 Å². The molecule has 92 valence electrons. The summed E-state index contributed by atoms with van der Waals surface area (Å²) >= 11 is 0. The Balaban J connectivity index is 4.07. The van der Waals surface area contributed by atoms with Crippen molar-refractivity contribution in [3.63, 3.8) is 0 Å². The molecule has 0 aromatic rings. The van der Waals surface area contributed by atoms with Gasteiger partial charge < -0.3 is 20.2 Å². The van der Waals surface area contributed by atoms with Gasteiger partial charge in [-0.2, -0.15) is 0 Å². The lowest BCUT2D eigenvalue weighted by atomic mass is 10.1. The summed E-state index contributed by atoms with van der Waals surface area (Å²) in [6.07, 6.45) is 1.65. The quantitative estimate of drug-likeness (QED) is 0.529. The minimum absolute atomic E-state index is 0.0120. The summed E-state index contributed by atoms with van der Waals surface area (Å²) in [5.41, 5.74) is 0. The predicted molar refractivity (Wildman–Crippen MR) is 61.3 cm³/mol. The van der Waals surface area contributed by atoms with E-state index in [1.807, 2.05) is 0 Å². The Morgan fingerprint density at radius 2 is 1.94 bits per heavy atom. The molecule has 16 heavy (non-hydrogen) atoms. The van der Waals surface area contributed by atoms with Gasteiger partial charge in [-0.1, -0.05) is 0 Å². The number of ketones is 2. The van der Waals surface area contributed by atoms with Crippen molar-refractivity contribution in [1.29, 1.82) is 0 Å². The SMILES string of the molecule is CNC(C=O)CNC(CCC(C)=O)C(C)=O. The molecule has 5 nitrogen and oxygen atoms in total. The summed E-state index contributed by atoms with van der Waals surface area (Å²) in [6, 6.07) is -0.654. The van der Waals surface area contributed by atoms with Gasteiger partial charge in [-0.3, -0.25) is 4.79 Å². The van der Waals surface area contributed by atoms with Gasteiger partial charge in [0.15, 0.2) is 0 Å². The Hall–Kier alpha value is -1.07. The van der Waals surface area contributed by atoms with Crippen LogP contribution in [-0.4, -0.2) is 43.5 Å². The third-order valence-electron chi connectivity index (χ3n) is 2.40. The number of Topliss-reactive ketones (excluding diaryl/α,β-unsaturated/α-hetero) is 2. The van der Waals surface area contributed by atoms with E-state index in [1.54, 1.807) is 7.05 Å². The van der Waals surface area contributed by atoms with Crippen LogP contribution in [0.4, 0.5) is 0 Å². The zero-order valence-corrected chi connectivity index (χ0v) is 10.1. The van der Waals surface area contributed by atoms with E-state index in [4.69, 9.17) is 0 Å². The van der Waals surface area contributed by atoms with Gasteiger partial charge in [0.05, 0.1) is 12.1 Å². The van der Waals surface area contributed by atoms with Crippen molar-refractivity contribution < 1.29 is 14.4 Å². The summed E-state index contributed by atoms with van der Waals surface area (Å²) in [5.74, 6) is 0.0515. The maximum absolute atomic E-state index is 11.3. The summed E-state index contributed by atoms with van der Waals surface area (Å²) in [5, 5.41) is 5.78. The predicted octanol–water partition coefficient (Wildman–Crippen LogP) is -0.310. The number of aldehydes is 1. The summed E-state index contributed by atoms with van der Waals surface area (Å²) in [6.45, 7) is 3.37. The van der Waals surface area contributed by atoms with Crippen LogP contribution in [0.1, 0.15) is 26.7 Å². The van der Waals surface area contributed by atoms with E-state index in [0.29, 0.717) is 19.4 Å². The molecule has 0 spiro atoms. The smallest absolute Gasteiger partial charge is 0.146 e. The highest BCUT2D eigenvalue weighted by molar-refractivity contribution is 5.82. The largest absolute Gasteiger partial charge is 0.310 e. The molecule has 0 rings (SSSR count). The monoisotopic (exact) mass is 228 g/mol. The molecule has 0 aromatic heterocycles. The zero-order chi connectivity index (χ0) is 12.6. The Morgan fingerprint density at radius 1 is 1.31 bits per heavy atom. The van der Waals surface area contributed by atoms with Crippen LogP contribution in [0.5, 0.6) is 0 Å². The molecular weight excluding hydrogens is 208 g/mol. The number of rotatable bonds is 9. The second-order valence-electron chi connectivity index (χ2n) is 3.84. The van der Waals surface area contributed by atoms with Gasteiger partial charge in [0.2, 0.25) is 0 Å². The maximum atomic E-state index is 11.3. The molecular formula is C11H20N2O3. The molecule has 5 heteroatoms. The highest BCUT2D eigenvalue weighted by Crippen LogP contribution is 1.99. The fourth-order valence-electron chi connectivity index (χ4n) is 1.28. The lowest BCUT2D eigenvalue weighted by molar-refractivity contribution is -0.120. The fourth-order valence-corrected chi connectivity index (χ4v) is 1.28. The topological polar surface area (TPSA) is 75.3 Å². The zero-order valence-electron chi connectivity index (χ0n) is 10.1. The Bertz CT molecular complexity index is 254. The first-order valence-corrected chi connectivity index (χ1v) is 5.37. The average Bonchev–Trinajstić information content (AvgIpc) is 2.22. The normalized spacial score (nSPS) is 14.2. The number of nitrogens with one attached hydrogen (secondary N) is 2. The standard InChI is InChI=1S/C11H20N2O3/c1-8(15)4-5-11(9(2)16)13-6-10(7-14)12-3/h7,10-13H,4-6H2,1-3H3. The van der Waals surface area contributed by atoms with E-state index >= 15 is 0 Å². The van der Waals surface area contributed by atoms with Crippen molar-refractivity contribution in [2.45, 2.75) is 38.8 Å². The number of hydrogen-bond donors (Lipinski definition) is 2. The highest BCUT2D eigenvalue weighted by Gasteiger charge is 2.15. The van der Waals surface area contributed by atoms with Gasteiger partial charge >= 0.3 is 0 Å². The number of carbonyl (C=O) groups is 3. The van der Waals surface area contributed by atoms with Crippen molar-refractivity contribution in [2.75, 3.05) is 13.6 Å². The molecule has 0 saturated heterocycles. The second kappa shape index (κ2) is 8.13. The lowest BCUT2D eigenvalue weighted by Gasteiger charge is -2.17. The molecule has 2 N–H and O–H groups in total. The number of hydrogen-bond acceptors (Lipinski definition) is 5. The van der Waals surface area contributed by atoms with E-state index in [2.05, 4.69) is 10.6 Å². The van der Waals surface area contributed by atoms with Crippen LogP contribution in [0.25, 0.3) is 0 Å². The molecule has 0 aromatic carbocycles. The summed E-state index contributed by atoms with van der Waals surface area (Å²) in [4.78, 5) is 32.6. The van der Waals surface area contributed by atoms with E-state index in [9.17, 15) is 14.4 Å². The third kappa shape index (κ3) is 6.42. The van der Waals surface area contributed by atoms with Gasteiger partial charge in [0, 0.05) is 13.0 Å². The van der Waals surface area contributed by atoms with Crippen LogP contribution >= 0.6 is 0 Å². The van der Waals surface area contributed by atoms with Crippen molar-refractivity contribution in [3.05, 3.63) is 0 Å².